The minimum absolute atomic E-state index is 0.537. The van der Waals surface area contributed by atoms with Crippen molar-refractivity contribution in [1.82, 2.24) is 4.57 Å². The summed E-state index contributed by atoms with van der Waals surface area (Å²) in [4.78, 5) is 0. The van der Waals surface area contributed by atoms with Crippen LogP contribution in [0.5, 0.6) is 0 Å². The number of hydrogen-bond donors (Lipinski definition) is 0. The first-order chi connectivity index (χ1) is 23.7. The van der Waals surface area contributed by atoms with Gasteiger partial charge in [-0.25, -0.2) is 0 Å². The molecular weight excluding hydrogens is 599 g/mol. The van der Waals surface area contributed by atoms with Crippen molar-refractivity contribution in [3.63, 3.8) is 0 Å². The van der Waals surface area contributed by atoms with Crippen LogP contribution >= 0.6 is 0 Å². The Kier molecular flexibility index (Phi) is 7.27. The fourth-order valence-electron chi connectivity index (χ4n) is 7.45. The van der Waals surface area contributed by atoms with Gasteiger partial charge in [-0.1, -0.05) is 140 Å². The number of hydrogen-bond acceptors (Lipinski definition) is 2. The van der Waals surface area contributed by atoms with Gasteiger partial charge in [0.1, 0.15) is 0 Å². The zero-order valence-corrected chi connectivity index (χ0v) is 27.1. The molecule has 0 amide bonds. The molecule has 0 spiro atoms. The zero-order valence-electron chi connectivity index (χ0n) is 26.1. The fourth-order valence-corrected chi connectivity index (χ4v) is 12.5. The van der Waals surface area contributed by atoms with Crippen molar-refractivity contribution in [2.45, 2.75) is 0 Å². The van der Waals surface area contributed by atoms with Crippen LogP contribution < -0.4 is 20.7 Å². The molecule has 0 radical (unpaired) electrons. The first-order valence-electron chi connectivity index (χ1n) is 16.0. The average molecular weight is 628 g/mol. The molecule has 0 N–H and O–H groups in total. The van der Waals surface area contributed by atoms with Crippen LogP contribution in [0.15, 0.2) is 176 Å². The second kappa shape index (κ2) is 12.0. The molecule has 0 fully saturated rings. The van der Waals surface area contributed by atoms with Crippen molar-refractivity contribution in [2.24, 2.45) is 0 Å². The smallest absolute Gasteiger partial charge is 0.180 e. The van der Waals surface area contributed by atoms with Gasteiger partial charge in [0.05, 0.1) is 34.3 Å². The maximum atomic E-state index is 10.7. The van der Waals surface area contributed by atoms with Crippen molar-refractivity contribution in [3.8, 4) is 29.0 Å². The normalized spacial score (nSPS) is 11.3. The predicted molar refractivity (Wildman–Crippen MR) is 199 cm³/mol. The lowest BCUT2D eigenvalue weighted by Gasteiger charge is -2.36. The maximum absolute atomic E-state index is 10.7. The summed E-state index contributed by atoms with van der Waals surface area (Å²) < 4.78 is 2.24. The van der Waals surface area contributed by atoms with Crippen LogP contribution in [0.2, 0.25) is 0 Å². The van der Waals surface area contributed by atoms with Gasteiger partial charge in [-0.05, 0) is 68.3 Å². The van der Waals surface area contributed by atoms with E-state index in [0.717, 1.165) is 43.8 Å². The molecule has 48 heavy (non-hydrogen) atoms. The molecule has 0 saturated heterocycles. The van der Waals surface area contributed by atoms with Crippen molar-refractivity contribution < 1.29 is 0 Å². The Morgan fingerprint density at radius 2 is 0.958 bits per heavy atom. The van der Waals surface area contributed by atoms with E-state index in [9.17, 15) is 10.5 Å². The molecule has 0 atom stereocenters. The Morgan fingerprint density at radius 1 is 0.458 bits per heavy atom. The second-order valence-electron chi connectivity index (χ2n) is 11.9. The molecule has 8 aromatic rings. The third-order valence-corrected chi connectivity index (χ3v) is 14.2. The molecule has 0 aliphatic carbocycles. The molecule has 4 heteroatoms. The summed E-state index contributed by atoms with van der Waals surface area (Å²) in [6.07, 6.45) is 0. The van der Waals surface area contributed by atoms with Gasteiger partial charge < -0.3 is 4.57 Å². The van der Waals surface area contributed by atoms with Gasteiger partial charge in [0, 0.05) is 16.5 Å². The number of benzene rings is 7. The maximum Gasteiger partial charge on any atom is 0.180 e. The van der Waals surface area contributed by atoms with E-state index in [-0.39, 0.29) is 0 Å². The number of rotatable bonds is 6. The van der Waals surface area contributed by atoms with Crippen LogP contribution in [-0.4, -0.2) is 12.6 Å². The van der Waals surface area contributed by atoms with Crippen molar-refractivity contribution in [2.75, 3.05) is 0 Å². The summed E-state index contributed by atoms with van der Waals surface area (Å²) in [5, 5.41) is 28.2. The van der Waals surface area contributed by atoms with Crippen LogP contribution in [0.4, 0.5) is 0 Å². The van der Waals surface area contributed by atoms with E-state index < -0.39 is 8.07 Å². The Morgan fingerprint density at radius 3 is 1.46 bits per heavy atom. The number of aromatic nitrogens is 1. The molecule has 0 aliphatic rings. The van der Waals surface area contributed by atoms with Gasteiger partial charge in [-0.3, -0.25) is 0 Å². The lowest BCUT2D eigenvalue weighted by molar-refractivity contribution is 1.18. The highest BCUT2D eigenvalue weighted by Crippen LogP contribution is 2.34. The fraction of sp³-hybridized carbons (Fsp3) is 0. The summed E-state index contributed by atoms with van der Waals surface area (Å²) in [5.74, 6) is 0. The largest absolute Gasteiger partial charge is 0.309 e. The topological polar surface area (TPSA) is 52.5 Å². The van der Waals surface area contributed by atoms with E-state index in [1.807, 2.05) is 24.3 Å². The van der Waals surface area contributed by atoms with Crippen LogP contribution in [0.25, 0.3) is 38.6 Å². The summed E-state index contributed by atoms with van der Waals surface area (Å²) in [6.45, 7) is 0. The van der Waals surface area contributed by atoms with Gasteiger partial charge in [-0.2, -0.15) is 10.5 Å². The number of nitrogens with zero attached hydrogens (tertiary/aromatic N) is 3. The van der Waals surface area contributed by atoms with Gasteiger partial charge in [0.2, 0.25) is 0 Å². The third kappa shape index (κ3) is 4.55. The highest BCUT2D eigenvalue weighted by atomic mass is 28.3. The predicted octanol–water partition coefficient (Wildman–Crippen LogP) is 7.57. The second-order valence-corrected chi connectivity index (χ2v) is 15.7. The van der Waals surface area contributed by atoms with E-state index in [2.05, 4.69) is 168 Å². The number of nitriles is 2. The highest BCUT2D eigenvalue weighted by Gasteiger charge is 2.43. The molecule has 0 unspecified atom stereocenters. The Balaban J connectivity index is 1.51. The molecule has 0 saturated carbocycles. The third-order valence-electron chi connectivity index (χ3n) is 9.38. The summed E-state index contributed by atoms with van der Waals surface area (Å²) in [7, 11) is -3.01. The standard InChI is InChI=1S/C44H29N3Si/c45-30-32-27-34(29-35(28-32)47-41-24-12-10-22-39(41)40-23-11-13-25-42(40)47)44-33(31-46)15-14-26-43(44)48(36-16-4-1-5-17-36,37-18-6-2-7-19-37)38-20-8-3-9-21-38/h1-29H. The van der Waals surface area contributed by atoms with Crippen molar-refractivity contribution in [3.05, 3.63) is 187 Å². The van der Waals surface area contributed by atoms with Crippen molar-refractivity contribution >= 4 is 50.6 Å². The lowest BCUT2D eigenvalue weighted by atomic mass is 9.97. The van der Waals surface area contributed by atoms with Crippen molar-refractivity contribution in [1.29, 1.82) is 10.5 Å². The van der Waals surface area contributed by atoms with E-state index >= 15 is 0 Å². The van der Waals surface area contributed by atoms with E-state index in [4.69, 9.17) is 0 Å². The summed E-state index contributed by atoms with van der Waals surface area (Å²) >= 11 is 0. The molecule has 0 bridgehead atoms. The number of fused-ring (bicyclic) bond motifs is 3. The first-order valence-corrected chi connectivity index (χ1v) is 18.0. The zero-order chi connectivity index (χ0) is 32.5. The molecule has 1 heterocycles. The molecule has 7 aromatic carbocycles. The first kappa shape index (κ1) is 29.0. The monoisotopic (exact) mass is 627 g/mol. The minimum Gasteiger partial charge on any atom is -0.309 e. The molecule has 0 aliphatic heterocycles. The molecular formula is C44H29N3Si. The lowest BCUT2D eigenvalue weighted by Crippen LogP contribution is -2.75. The van der Waals surface area contributed by atoms with Gasteiger partial charge in [-0.15, -0.1) is 0 Å². The number of para-hydroxylation sites is 2. The summed E-state index contributed by atoms with van der Waals surface area (Å²) in [6, 6.07) is 66.1. The Bertz CT molecular complexity index is 2370. The van der Waals surface area contributed by atoms with Crippen LogP contribution in [0.3, 0.4) is 0 Å². The van der Waals surface area contributed by atoms with E-state index in [0.29, 0.717) is 11.1 Å². The van der Waals surface area contributed by atoms with E-state index in [1.165, 1.54) is 15.6 Å². The van der Waals surface area contributed by atoms with Crippen LogP contribution in [-0.2, 0) is 0 Å². The van der Waals surface area contributed by atoms with Crippen LogP contribution in [0, 0.1) is 22.7 Å². The Labute approximate surface area is 280 Å². The molecule has 1 aromatic heterocycles. The van der Waals surface area contributed by atoms with Gasteiger partial charge >= 0.3 is 0 Å². The molecule has 224 valence electrons. The summed E-state index contributed by atoms with van der Waals surface area (Å²) in [5.41, 5.74) is 5.83. The van der Waals surface area contributed by atoms with Gasteiger partial charge in [0.25, 0.3) is 0 Å². The average Bonchev–Trinajstić information content (AvgIpc) is 3.50. The minimum atomic E-state index is -3.01. The van der Waals surface area contributed by atoms with Gasteiger partial charge in [0.15, 0.2) is 8.07 Å². The quantitative estimate of drug-likeness (QED) is 0.141. The SMILES string of the molecule is N#Cc1cc(-c2c(C#N)cccc2[Si](c2ccccc2)(c2ccccc2)c2ccccc2)cc(-n2c3ccccc3c3ccccc32)c1. The van der Waals surface area contributed by atoms with E-state index in [1.54, 1.807) is 0 Å². The van der Waals surface area contributed by atoms with Crippen LogP contribution in [0.1, 0.15) is 11.1 Å². The molecule has 8 rings (SSSR count). The highest BCUT2D eigenvalue weighted by molar-refractivity contribution is 7.20. The Hall–Kier alpha value is -6.46. The molecule has 3 nitrogen and oxygen atoms in total.